The van der Waals surface area contributed by atoms with Crippen LogP contribution in [0.5, 0.6) is 11.5 Å². The lowest BCUT2D eigenvalue weighted by molar-refractivity contribution is -0.201. The molecule has 1 heterocycles. The van der Waals surface area contributed by atoms with E-state index in [1.807, 2.05) is 0 Å². The molecular weight excluding hydrogens is 276 g/mol. The van der Waals surface area contributed by atoms with E-state index in [4.69, 9.17) is 18.9 Å². The van der Waals surface area contributed by atoms with Gasteiger partial charge in [-0.3, -0.25) is 0 Å². The monoisotopic (exact) mass is 290 g/mol. The first-order valence-corrected chi connectivity index (χ1v) is 6.17. The van der Waals surface area contributed by atoms with E-state index in [0.29, 0.717) is 0 Å². The molecule has 0 unspecified atom stereocenters. The summed E-state index contributed by atoms with van der Waals surface area (Å²) >= 11 is 0. The van der Waals surface area contributed by atoms with Gasteiger partial charge in [0.2, 0.25) is 0 Å². The Hall–Kier alpha value is -2.76. The Kier molecular flexibility index (Phi) is 4.27. The van der Waals surface area contributed by atoms with Gasteiger partial charge in [-0.05, 0) is 12.1 Å². The summed E-state index contributed by atoms with van der Waals surface area (Å²) in [6.07, 6.45) is 2.73. The van der Waals surface area contributed by atoms with Crippen LogP contribution in [0.3, 0.4) is 0 Å². The van der Waals surface area contributed by atoms with Crippen LogP contribution in [-0.4, -0.2) is 30.9 Å². The van der Waals surface area contributed by atoms with Crippen molar-refractivity contribution in [3.8, 4) is 11.5 Å². The van der Waals surface area contributed by atoms with Crippen molar-refractivity contribution in [2.24, 2.45) is 0 Å². The molecule has 0 N–H and O–H groups in total. The maximum absolute atomic E-state index is 12.2. The van der Waals surface area contributed by atoms with Crippen molar-refractivity contribution in [2.75, 3.05) is 13.2 Å². The van der Waals surface area contributed by atoms with Crippen molar-refractivity contribution < 1.29 is 28.5 Å². The molecule has 0 amide bonds. The third-order valence-corrected chi connectivity index (χ3v) is 2.56. The molecule has 0 radical (unpaired) electrons. The van der Waals surface area contributed by atoms with Gasteiger partial charge in [0.15, 0.2) is 11.5 Å². The summed E-state index contributed by atoms with van der Waals surface area (Å²) in [5.74, 6) is -3.80. The van der Waals surface area contributed by atoms with Crippen LogP contribution in [0.2, 0.25) is 0 Å². The predicted molar refractivity (Wildman–Crippen MR) is 72.7 cm³/mol. The fraction of sp³-hybridized carbons (Fsp3) is 0.200. The van der Waals surface area contributed by atoms with Gasteiger partial charge in [0.25, 0.3) is 0 Å². The molecule has 0 fully saturated rings. The Labute approximate surface area is 121 Å². The number of hydrogen-bond donors (Lipinski definition) is 0. The number of fused-ring (bicyclic) bond motifs is 1. The smallest absolute Gasteiger partial charge is 0.453 e. The second kappa shape index (κ2) is 6.13. The summed E-state index contributed by atoms with van der Waals surface area (Å²) in [7, 11) is 0. The number of rotatable bonds is 6. The van der Waals surface area contributed by atoms with Gasteiger partial charge in [-0.15, -0.1) is 0 Å². The first kappa shape index (κ1) is 14.6. The fourth-order valence-electron chi connectivity index (χ4n) is 1.66. The summed E-state index contributed by atoms with van der Waals surface area (Å²) in [5.41, 5.74) is 0. The highest BCUT2D eigenvalue weighted by molar-refractivity contribution is 6.03. The SMILES string of the molecule is C=CCOC(=O)C1(C(=O)OCC=C)Oc2ccccc2O1. The normalized spacial score (nSPS) is 14.1. The number of carbonyl (C=O) groups excluding carboxylic acids is 2. The number of esters is 2. The second-order valence-corrected chi connectivity index (χ2v) is 4.04. The van der Waals surface area contributed by atoms with Gasteiger partial charge in [0, 0.05) is 0 Å². The van der Waals surface area contributed by atoms with E-state index in [-0.39, 0.29) is 24.7 Å². The summed E-state index contributed by atoms with van der Waals surface area (Å²) < 4.78 is 20.5. The van der Waals surface area contributed by atoms with Gasteiger partial charge >= 0.3 is 17.7 Å². The van der Waals surface area contributed by atoms with Gasteiger partial charge in [-0.25, -0.2) is 9.59 Å². The van der Waals surface area contributed by atoms with Crippen molar-refractivity contribution in [3.05, 3.63) is 49.6 Å². The van der Waals surface area contributed by atoms with E-state index in [0.717, 1.165) is 0 Å². The predicted octanol–water partition coefficient (Wildman–Crippen LogP) is 1.61. The number of carbonyl (C=O) groups is 2. The maximum Gasteiger partial charge on any atom is 0.453 e. The largest absolute Gasteiger partial charge is 0.455 e. The lowest BCUT2D eigenvalue weighted by Crippen LogP contribution is -2.56. The molecule has 0 atom stereocenters. The van der Waals surface area contributed by atoms with Gasteiger partial charge in [0.1, 0.15) is 13.2 Å². The maximum atomic E-state index is 12.2. The first-order valence-electron chi connectivity index (χ1n) is 6.17. The molecule has 2 rings (SSSR count). The zero-order chi connectivity index (χ0) is 15.3. The Morgan fingerprint density at radius 3 is 1.81 bits per heavy atom. The summed E-state index contributed by atoms with van der Waals surface area (Å²) in [5, 5.41) is 0. The molecule has 6 nitrogen and oxygen atoms in total. The fourth-order valence-corrected chi connectivity index (χ4v) is 1.66. The van der Waals surface area contributed by atoms with Gasteiger partial charge in [-0.1, -0.05) is 37.4 Å². The average molecular weight is 290 g/mol. The molecule has 0 aromatic heterocycles. The van der Waals surface area contributed by atoms with Crippen LogP contribution in [0.1, 0.15) is 0 Å². The molecule has 21 heavy (non-hydrogen) atoms. The summed E-state index contributed by atoms with van der Waals surface area (Å²) in [6, 6.07) is 6.50. The zero-order valence-electron chi connectivity index (χ0n) is 11.2. The Bertz CT molecular complexity index is 526. The molecule has 0 saturated carbocycles. The highest BCUT2D eigenvalue weighted by Crippen LogP contribution is 2.40. The minimum atomic E-state index is -2.30. The van der Waals surface area contributed by atoms with Crippen molar-refractivity contribution in [1.82, 2.24) is 0 Å². The van der Waals surface area contributed by atoms with E-state index < -0.39 is 17.7 Å². The highest BCUT2D eigenvalue weighted by atomic mass is 16.8. The topological polar surface area (TPSA) is 71.1 Å². The van der Waals surface area contributed by atoms with Crippen molar-refractivity contribution in [3.63, 3.8) is 0 Å². The van der Waals surface area contributed by atoms with Crippen LogP contribution in [0.4, 0.5) is 0 Å². The molecule has 1 aliphatic rings. The third-order valence-electron chi connectivity index (χ3n) is 2.56. The first-order chi connectivity index (χ1) is 10.1. The van der Waals surface area contributed by atoms with E-state index in [1.165, 1.54) is 12.2 Å². The molecule has 1 aromatic carbocycles. The van der Waals surface area contributed by atoms with Crippen LogP contribution in [0, 0.1) is 0 Å². The minimum Gasteiger partial charge on any atom is -0.455 e. The standard InChI is InChI=1S/C15H14O6/c1-3-9-18-13(16)15(14(17)19-10-4-2)20-11-7-5-6-8-12(11)21-15/h3-8H,1-2,9-10H2. The third kappa shape index (κ3) is 2.74. The van der Waals surface area contributed by atoms with Crippen molar-refractivity contribution in [2.45, 2.75) is 5.79 Å². The van der Waals surface area contributed by atoms with E-state index in [9.17, 15) is 9.59 Å². The molecule has 0 spiro atoms. The van der Waals surface area contributed by atoms with Gasteiger partial charge < -0.3 is 18.9 Å². The molecule has 110 valence electrons. The minimum absolute atomic E-state index is 0.0849. The van der Waals surface area contributed by atoms with Crippen LogP contribution in [0.25, 0.3) is 0 Å². The van der Waals surface area contributed by atoms with E-state index in [2.05, 4.69) is 13.2 Å². The number of para-hydroxylation sites is 2. The van der Waals surface area contributed by atoms with Crippen LogP contribution in [0.15, 0.2) is 49.6 Å². The molecule has 6 heteroatoms. The molecule has 1 aliphatic heterocycles. The highest BCUT2D eigenvalue weighted by Gasteiger charge is 2.59. The molecule has 0 aliphatic carbocycles. The van der Waals surface area contributed by atoms with Crippen molar-refractivity contribution >= 4 is 11.9 Å². The molecule has 0 saturated heterocycles. The van der Waals surface area contributed by atoms with E-state index in [1.54, 1.807) is 24.3 Å². The lowest BCUT2D eigenvalue weighted by Gasteiger charge is -2.22. The Balaban J connectivity index is 2.28. The molecule has 0 bridgehead atoms. The molecular formula is C15H14O6. The van der Waals surface area contributed by atoms with E-state index >= 15 is 0 Å². The summed E-state index contributed by atoms with van der Waals surface area (Å²) in [6.45, 7) is 6.69. The Morgan fingerprint density at radius 1 is 1.00 bits per heavy atom. The van der Waals surface area contributed by atoms with Crippen LogP contribution < -0.4 is 9.47 Å². The number of ether oxygens (including phenoxy) is 4. The van der Waals surface area contributed by atoms with Crippen molar-refractivity contribution in [1.29, 1.82) is 0 Å². The zero-order valence-corrected chi connectivity index (χ0v) is 11.2. The van der Waals surface area contributed by atoms with Gasteiger partial charge in [0.05, 0.1) is 0 Å². The van der Waals surface area contributed by atoms with Gasteiger partial charge in [-0.2, -0.15) is 0 Å². The Morgan fingerprint density at radius 2 is 1.43 bits per heavy atom. The van der Waals surface area contributed by atoms with Crippen LogP contribution >= 0.6 is 0 Å². The number of benzene rings is 1. The van der Waals surface area contributed by atoms with Crippen LogP contribution in [-0.2, 0) is 19.1 Å². The lowest BCUT2D eigenvalue weighted by atomic mass is 10.3. The summed E-state index contributed by atoms with van der Waals surface area (Å²) in [4.78, 5) is 24.3. The quantitative estimate of drug-likeness (QED) is 0.450. The molecule has 1 aromatic rings. The average Bonchev–Trinajstić information content (AvgIpc) is 2.90. The number of hydrogen-bond acceptors (Lipinski definition) is 6. The second-order valence-electron chi connectivity index (χ2n) is 4.04.